The fraction of sp³-hybridized carbons (Fsp3) is 0. The minimum atomic E-state index is 0.733. The van der Waals surface area contributed by atoms with Gasteiger partial charge in [-0.25, -0.2) is 9.97 Å². The van der Waals surface area contributed by atoms with Gasteiger partial charge in [0.1, 0.15) is 0 Å². The van der Waals surface area contributed by atoms with Gasteiger partial charge in [0.05, 0.1) is 26.9 Å². The Kier molecular flexibility index (Phi) is 7.68. The predicted octanol–water partition coefficient (Wildman–Crippen LogP) is 14.3. The fourth-order valence-electron chi connectivity index (χ4n) is 8.13. The zero-order valence-electron chi connectivity index (χ0n) is 30.3. The van der Waals surface area contributed by atoms with Crippen LogP contribution in [0.15, 0.2) is 200 Å². The van der Waals surface area contributed by atoms with E-state index in [1.807, 2.05) is 18.2 Å². The Hall–Kier alpha value is -7.14. The predicted molar refractivity (Wildman–Crippen MR) is 236 cm³/mol. The molecule has 0 atom stereocenters. The quantitative estimate of drug-likeness (QED) is 0.170. The van der Waals surface area contributed by atoms with Crippen LogP contribution in [0.4, 0.5) is 0 Å². The van der Waals surface area contributed by atoms with Gasteiger partial charge in [0.15, 0.2) is 5.82 Å². The van der Waals surface area contributed by atoms with E-state index in [1.54, 1.807) is 11.3 Å². The van der Waals surface area contributed by atoms with Crippen molar-refractivity contribution in [3.63, 3.8) is 0 Å². The third kappa shape index (κ3) is 5.42. The van der Waals surface area contributed by atoms with E-state index in [1.165, 1.54) is 59.9 Å². The summed E-state index contributed by atoms with van der Waals surface area (Å²) in [6.45, 7) is 0. The molecule has 0 radical (unpaired) electrons. The summed E-state index contributed by atoms with van der Waals surface area (Å²) >= 11 is 1.79. The summed E-state index contributed by atoms with van der Waals surface area (Å²) in [6, 6.07) is 71.4. The van der Waals surface area contributed by atoms with Crippen LogP contribution in [0.2, 0.25) is 0 Å². The van der Waals surface area contributed by atoms with Crippen LogP contribution in [0.1, 0.15) is 0 Å². The Morgan fingerprint density at radius 2 is 0.929 bits per heavy atom. The molecule has 4 heteroatoms. The van der Waals surface area contributed by atoms with Crippen molar-refractivity contribution in [3.05, 3.63) is 200 Å². The highest BCUT2D eigenvalue weighted by Gasteiger charge is 2.19. The minimum Gasteiger partial charge on any atom is -0.309 e. The number of benzene rings is 8. The van der Waals surface area contributed by atoms with Crippen molar-refractivity contribution in [2.45, 2.75) is 0 Å². The molecule has 0 saturated carbocycles. The SMILES string of the molecule is c1ccc(-c2ccc(-c3nc(-c4ccccc4)nc4c3sc3c(-c5cccc(-c6ccc7c(c6)c6ccccc6n7-c6ccccc6)c5)cccc34)cc2)cc1. The van der Waals surface area contributed by atoms with Gasteiger partial charge in [-0.05, 0) is 69.8 Å². The number of fused-ring (bicyclic) bond motifs is 6. The maximum Gasteiger partial charge on any atom is 0.160 e. The van der Waals surface area contributed by atoms with Gasteiger partial charge >= 0.3 is 0 Å². The molecule has 0 saturated heterocycles. The van der Waals surface area contributed by atoms with Crippen LogP contribution in [0.25, 0.3) is 104 Å². The van der Waals surface area contributed by atoms with Crippen LogP contribution in [-0.2, 0) is 0 Å². The first-order chi connectivity index (χ1) is 27.8. The number of nitrogens with zero attached hydrogens (tertiary/aromatic N) is 3. The number of aromatic nitrogens is 3. The second-order valence-corrected chi connectivity index (χ2v) is 15.2. The van der Waals surface area contributed by atoms with Crippen LogP contribution in [0.3, 0.4) is 0 Å². The van der Waals surface area contributed by atoms with Gasteiger partial charge in [0, 0.05) is 37.7 Å². The Labute approximate surface area is 328 Å². The largest absolute Gasteiger partial charge is 0.309 e. The molecule has 3 nitrogen and oxygen atoms in total. The van der Waals surface area contributed by atoms with Gasteiger partial charge in [-0.2, -0.15) is 0 Å². The molecule has 56 heavy (non-hydrogen) atoms. The minimum absolute atomic E-state index is 0.733. The highest BCUT2D eigenvalue weighted by molar-refractivity contribution is 7.26. The standard InChI is InChI=1S/C52H33N3S/c1-4-14-34(15-5-1)35-26-28-36(29-27-35)48-51-49(54-52(53-48)37-16-6-2-7-17-37)44-24-13-23-42(50(44)56-51)40-19-12-18-38(32-40)39-30-31-47-45(33-39)43-22-10-11-25-46(43)55(47)41-20-8-3-9-21-41/h1-33H. The molecule has 3 aromatic heterocycles. The summed E-state index contributed by atoms with van der Waals surface area (Å²) in [7, 11) is 0. The summed E-state index contributed by atoms with van der Waals surface area (Å²) in [5, 5.41) is 3.64. The van der Waals surface area contributed by atoms with Crippen molar-refractivity contribution in [2.75, 3.05) is 0 Å². The first-order valence-corrected chi connectivity index (χ1v) is 19.7. The Balaban J connectivity index is 1.05. The molecule has 0 N–H and O–H groups in total. The Morgan fingerprint density at radius 3 is 1.73 bits per heavy atom. The molecule has 0 bridgehead atoms. The molecule has 0 aliphatic carbocycles. The topological polar surface area (TPSA) is 30.7 Å². The maximum atomic E-state index is 5.26. The van der Waals surface area contributed by atoms with E-state index in [2.05, 4.69) is 187 Å². The molecular weight excluding hydrogens is 699 g/mol. The zero-order chi connectivity index (χ0) is 37.0. The lowest BCUT2D eigenvalue weighted by molar-refractivity contribution is 1.18. The van der Waals surface area contributed by atoms with Gasteiger partial charge < -0.3 is 4.57 Å². The van der Waals surface area contributed by atoms with Crippen molar-refractivity contribution < 1.29 is 0 Å². The number of hydrogen-bond donors (Lipinski definition) is 0. The summed E-state index contributed by atoms with van der Waals surface area (Å²) in [6.07, 6.45) is 0. The molecule has 262 valence electrons. The lowest BCUT2D eigenvalue weighted by Crippen LogP contribution is -1.93. The highest BCUT2D eigenvalue weighted by Crippen LogP contribution is 2.44. The maximum absolute atomic E-state index is 5.26. The first-order valence-electron chi connectivity index (χ1n) is 18.9. The van der Waals surface area contributed by atoms with E-state index < -0.39 is 0 Å². The van der Waals surface area contributed by atoms with Crippen molar-refractivity contribution in [2.24, 2.45) is 0 Å². The summed E-state index contributed by atoms with van der Waals surface area (Å²) in [5.74, 6) is 0.733. The molecule has 11 rings (SSSR count). The number of thiophene rings is 1. The monoisotopic (exact) mass is 731 g/mol. The van der Waals surface area contributed by atoms with Crippen LogP contribution in [0.5, 0.6) is 0 Å². The van der Waals surface area contributed by atoms with Gasteiger partial charge in [-0.3, -0.25) is 0 Å². The average molecular weight is 732 g/mol. The van der Waals surface area contributed by atoms with E-state index in [4.69, 9.17) is 9.97 Å². The second-order valence-electron chi connectivity index (χ2n) is 14.2. The van der Waals surface area contributed by atoms with Gasteiger partial charge in [-0.1, -0.05) is 164 Å². The highest BCUT2D eigenvalue weighted by atomic mass is 32.1. The van der Waals surface area contributed by atoms with Crippen molar-refractivity contribution in [1.29, 1.82) is 0 Å². The molecular formula is C52H33N3S. The van der Waals surface area contributed by atoms with E-state index >= 15 is 0 Å². The van der Waals surface area contributed by atoms with Gasteiger partial charge in [-0.15, -0.1) is 11.3 Å². The van der Waals surface area contributed by atoms with E-state index in [0.717, 1.165) is 43.9 Å². The molecule has 8 aromatic carbocycles. The molecule has 3 heterocycles. The van der Waals surface area contributed by atoms with Crippen molar-refractivity contribution in [3.8, 4) is 61.7 Å². The van der Waals surface area contributed by atoms with Crippen LogP contribution in [0, 0.1) is 0 Å². The first kappa shape index (κ1) is 32.3. The molecule has 11 aromatic rings. The van der Waals surface area contributed by atoms with Crippen LogP contribution < -0.4 is 0 Å². The third-order valence-electron chi connectivity index (χ3n) is 10.8. The normalized spacial score (nSPS) is 11.6. The molecule has 0 amide bonds. The van der Waals surface area contributed by atoms with Crippen molar-refractivity contribution >= 4 is 53.4 Å². The summed E-state index contributed by atoms with van der Waals surface area (Å²) in [5.41, 5.74) is 14.7. The second kappa shape index (κ2) is 13.3. The molecule has 0 spiro atoms. The van der Waals surface area contributed by atoms with Crippen LogP contribution in [-0.4, -0.2) is 14.5 Å². The molecule has 0 unspecified atom stereocenters. The van der Waals surface area contributed by atoms with E-state index in [-0.39, 0.29) is 0 Å². The smallest absolute Gasteiger partial charge is 0.160 e. The van der Waals surface area contributed by atoms with Gasteiger partial charge in [0.2, 0.25) is 0 Å². The van der Waals surface area contributed by atoms with Crippen LogP contribution >= 0.6 is 11.3 Å². The third-order valence-corrected chi connectivity index (χ3v) is 12.1. The number of rotatable bonds is 6. The zero-order valence-corrected chi connectivity index (χ0v) is 31.1. The Morgan fingerprint density at radius 1 is 0.357 bits per heavy atom. The van der Waals surface area contributed by atoms with Gasteiger partial charge in [0.25, 0.3) is 0 Å². The Bertz CT molecular complexity index is 3220. The summed E-state index contributed by atoms with van der Waals surface area (Å²) in [4.78, 5) is 10.5. The number of para-hydroxylation sites is 2. The lowest BCUT2D eigenvalue weighted by atomic mass is 9.97. The molecule has 0 fully saturated rings. The van der Waals surface area contributed by atoms with E-state index in [9.17, 15) is 0 Å². The molecule has 0 aliphatic rings. The molecule has 0 aliphatic heterocycles. The van der Waals surface area contributed by atoms with Crippen molar-refractivity contribution in [1.82, 2.24) is 14.5 Å². The lowest BCUT2D eigenvalue weighted by Gasteiger charge is -2.09. The average Bonchev–Trinajstić information content (AvgIpc) is 3.83. The fourth-order valence-corrected chi connectivity index (χ4v) is 9.42. The summed E-state index contributed by atoms with van der Waals surface area (Å²) < 4.78 is 4.67. The number of hydrogen-bond acceptors (Lipinski definition) is 3. The van der Waals surface area contributed by atoms with E-state index in [0.29, 0.717) is 0 Å².